The summed E-state index contributed by atoms with van der Waals surface area (Å²) < 4.78 is 18.8. The Morgan fingerprint density at radius 3 is 2.50 bits per heavy atom. The molecule has 20 heavy (non-hydrogen) atoms. The van der Waals surface area contributed by atoms with Crippen molar-refractivity contribution >= 4 is 5.97 Å². The Morgan fingerprint density at radius 2 is 2.05 bits per heavy atom. The van der Waals surface area contributed by atoms with E-state index in [1.165, 1.54) is 13.2 Å². The summed E-state index contributed by atoms with van der Waals surface area (Å²) >= 11 is 0. The minimum absolute atomic E-state index is 0.234. The molecule has 112 valence electrons. The average molecular weight is 283 g/mol. The molecule has 1 rings (SSSR count). The molecule has 1 N–H and O–H groups in total. The van der Waals surface area contributed by atoms with E-state index >= 15 is 0 Å². The van der Waals surface area contributed by atoms with Crippen molar-refractivity contribution in [3.63, 3.8) is 0 Å². The standard InChI is InChI=1S/C15H22FNO3/c1-5-17(10-15(2,3)19)13(14(18)20-4)11-8-6-7-9-12(11)16/h6-9,13,19H,5,10H2,1-4H3. The molecule has 0 amide bonds. The SMILES string of the molecule is CCN(CC(C)(C)O)C(C(=O)OC)c1ccccc1F. The van der Waals surface area contributed by atoms with E-state index in [-0.39, 0.29) is 12.1 Å². The summed E-state index contributed by atoms with van der Waals surface area (Å²) in [5, 5.41) is 9.95. The van der Waals surface area contributed by atoms with Gasteiger partial charge in [0.15, 0.2) is 0 Å². The Labute approximate surface area is 119 Å². The van der Waals surface area contributed by atoms with E-state index in [1.807, 2.05) is 6.92 Å². The fourth-order valence-corrected chi connectivity index (χ4v) is 2.16. The van der Waals surface area contributed by atoms with Crippen LogP contribution < -0.4 is 0 Å². The van der Waals surface area contributed by atoms with Crippen molar-refractivity contribution < 1.29 is 19.0 Å². The second-order valence-electron chi connectivity index (χ2n) is 5.32. The predicted octanol–water partition coefficient (Wildman–Crippen LogP) is 2.13. The molecule has 1 aromatic rings. The Hall–Kier alpha value is -1.46. The van der Waals surface area contributed by atoms with Crippen molar-refractivity contribution in [2.75, 3.05) is 20.2 Å². The quantitative estimate of drug-likeness (QED) is 0.813. The number of carbonyl (C=O) groups excluding carboxylic acids is 1. The molecule has 0 saturated heterocycles. The molecule has 1 unspecified atom stereocenters. The number of ether oxygens (including phenoxy) is 1. The van der Waals surface area contributed by atoms with Crippen LogP contribution in [0.3, 0.4) is 0 Å². The van der Waals surface area contributed by atoms with E-state index in [4.69, 9.17) is 4.74 Å². The number of methoxy groups -OCH3 is 1. The number of rotatable bonds is 6. The van der Waals surface area contributed by atoms with Crippen LogP contribution in [0.5, 0.6) is 0 Å². The smallest absolute Gasteiger partial charge is 0.327 e. The number of nitrogens with zero attached hydrogens (tertiary/aromatic N) is 1. The van der Waals surface area contributed by atoms with Gasteiger partial charge in [0.2, 0.25) is 0 Å². The molecule has 0 fully saturated rings. The van der Waals surface area contributed by atoms with E-state index in [0.29, 0.717) is 6.54 Å². The third-order valence-electron chi connectivity index (χ3n) is 2.99. The fourth-order valence-electron chi connectivity index (χ4n) is 2.16. The van der Waals surface area contributed by atoms with Crippen LogP contribution in [0.1, 0.15) is 32.4 Å². The molecule has 0 bridgehead atoms. The van der Waals surface area contributed by atoms with Crippen LogP contribution in [0.15, 0.2) is 24.3 Å². The topological polar surface area (TPSA) is 49.8 Å². The molecule has 0 aliphatic heterocycles. The average Bonchev–Trinajstić information content (AvgIpc) is 2.38. The van der Waals surface area contributed by atoms with Crippen molar-refractivity contribution in [1.82, 2.24) is 4.90 Å². The molecular formula is C15H22FNO3. The maximum absolute atomic E-state index is 14.0. The molecule has 5 heteroatoms. The van der Waals surface area contributed by atoms with E-state index in [9.17, 15) is 14.3 Å². The van der Waals surface area contributed by atoms with Gasteiger partial charge in [-0.1, -0.05) is 25.1 Å². The van der Waals surface area contributed by atoms with Gasteiger partial charge in [-0.3, -0.25) is 4.90 Å². The minimum Gasteiger partial charge on any atom is -0.468 e. The highest BCUT2D eigenvalue weighted by Crippen LogP contribution is 2.26. The molecule has 0 radical (unpaired) electrons. The highest BCUT2D eigenvalue weighted by molar-refractivity contribution is 5.77. The molecule has 4 nitrogen and oxygen atoms in total. The number of carbonyl (C=O) groups is 1. The number of halogens is 1. The van der Waals surface area contributed by atoms with Crippen LogP contribution in [-0.2, 0) is 9.53 Å². The number of hydrogen-bond donors (Lipinski definition) is 1. The molecule has 0 aromatic heterocycles. The molecule has 1 aromatic carbocycles. The Bertz CT molecular complexity index is 457. The normalized spacial score (nSPS) is 13.3. The first-order chi connectivity index (χ1) is 9.30. The van der Waals surface area contributed by atoms with Crippen LogP contribution in [0.4, 0.5) is 4.39 Å². The highest BCUT2D eigenvalue weighted by atomic mass is 19.1. The monoisotopic (exact) mass is 283 g/mol. The first-order valence-corrected chi connectivity index (χ1v) is 6.59. The van der Waals surface area contributed by atoms with Gasteiger partial charge in [0, 0.05) is 12.1 Å². The van der Waals surface area contributed by atoms with Crippen molar-refractivity contribution in [1.29, 1.82) is 0 Å². The second kappa shape index (κ2) is 6.81. The molecule has 0 heterocycles. The van der Waals surface area contributed by atoms with Gasteiger partial charge in [-0.2, -0.15) is 0 Å². The zero-order valence-corrected chi connectivity index (χ0v) is 12.4. The van der Waals surface area contributed by atoms with Gasteiger partial charge in [-0.05, 0) is 26.5 Å². The Balaban J connectivity index is 3.18. The van der Waals surface area contributed by atoms with Gasteiger partial charge in [-0.15, -0.1) is 0 Å². The van der Waals surface area contributed by atoms with Crippen LogP contribution in [-0.4, -0.2) is 41.8 Å². The summed E-state index contributed by atoms with van der Waals surface area (Å²) in [5.41, 5.74) is -0.737. The number of esters is 1. The number of aliphatic hydroxyl groups is 1. The van der Waals surface area contributed by atoms with E-state index in [2.05, 4.69) is 0 Å². The van der Waals surface area contributed by atoms with E-state index in [0.717, 1.165) is 0 Å². The minimum atomic E-state index is -0.993. The number of likely N-dealkylation sites (N-methyl/N-ethyl adjacent to an activating group) is 1. The third-order valence-corrected chi connectivity index (χ3v) is 2.99. The highest BCUT2D eigenvalue weighted by Gasteiger charge is 2.32. The molecule has 0 saturated carbocycles. The summed E-state index contributed by atoms with van der Waals surface area (Å²) in [6.45, 7) is 5.86. The van der Waals surface area contributed by atoms with Crippen LogP contribution in [0.25, 0.3) is 0 Å². The zero-order valence-electron chi connectivity index (χ0n) is 12.4. The Morgan fingerprint density at radius 1 is 1.45 bits per heavy atom. The number of benzene rings is 1. The van der Waals surface area contributed by atoms with E-state index < -0.39 is 23.4 Å². The summed E-state index contributed by atoms with van der Waals surface area (Å²) in [7, 11) is 1.27. The van der Waals surface area contributed by atoms with Crippen molar-refractivity contribution in [2.45, 2.75) is 32.4 Å². The lowest BCUT2D eigenvalue weighted by Crippen LogP contribution is -2.43. The first kappa shape index (κ1) is 16.6. The van der Waals surface area contributed by atoms with Gasteiger partial charge in [0.25, 0.3) is 0 Å². The lowest BCUT2D eigenvalue weighted by atomic mass is 10.0. The summed E-state index contributed by atoms with van der Waals surface area (Å²) in [6.07, 6.45) is 0. The van der Waals surface area contributed by atoms with Crippen LogP contribution in [0.2, 0.25) is 0 Å². The van der Waals surface area contributed by atoms with Gasteiger partial charge >= 0.3 is 5.97 Å². The molecule has 1 atom stereocenters. The van der Waals surface area contributed by atoms with Gasteiger partial charge in [0.05, 0.1) is 12.7 Å². The van der Waals surface area contributed by atoms with E-state index in [1.54, 1.807) is 36.9 Å². The molecular weight excluding hydrogens is 261 g/mol. The first-order valence-electron chi connectivity index (χ1n) is 6.59. The molecule has 0 spiro atoms. The summed E-state index contributed by atoms with van der Waals surface area (Å²) in [5.74, 6) is -1.00. The van der Waals surface area contributed by atoms with Gasteiger partial charge in [-0.25, -0.2) is 9.18 Å². The predicted molar refractivity (Wildman–Crippen MR) is 74.7 cm³/mol. The zero-order chi connectivity index (χ0) is 15.3. The summed E-state index contributed by atoms with van der Waals surface area (Å²) in [6, 6.07) is 5.25. The summed E-state index contributed by atoms with van der Waals surface area (Å²) in [4.78, 5) is 13.7. The van der Waals surface area contributed by atoms with Crippen LogP contribution in [0, 0.1) is 5.82 Å². The van der Waals surface area contributed by atoms with Gasteiger partial charge in [0.1, 0.15) is 11.9 Å². The third kappa shape index (κ3) is 4.28. The fraction of sp³-hybridized carbons (Fsp3) is 0.533. The Kier molecular flexibility index (Phi) is 5.65. The lowest BCUT2D eigenvalue weighted by molar-refractivity contribution is -0.148. The molecule has 0 aliphatic carbocycles. The maximum Gasteiger partial charge on any atom is 0.327 e. The largest absolute Gasteiger partial charge is 0.468 e. The lowest BCUT2D eigenvalue weighted by Gasteiger charge is -2.33. The van der Waals surface area contributed by atoms with Crippen molar-refractivity contribution in [2.24, 2.45) is 0 Å². The van der Waals surface area contributed by atoms with Crippen molar-refractivity contribution in [3.05, 3.63) is 35.6 Å². The van der Waals surface area contributed by atoms with Crippen LogP contribution >= 0.6 is 0 Å². The molecule has 0 aliphatic rings. The van der Waals surface area contributed by atoms with Crippen molar-refractivity contribution in [3.8, 4) is 0 Å². The second-order valence-corrected chi connectivity index (χ2v) is 5.32. The van der Waals surface area contributed by atoms with Gasteiger partial charge < -0.3 is 9.84 Å². The number of hydrogen-bond acceptors (Lipinski definition) is 4. The maximum atomic E-state index is 14.0.